The van der Waals surface area contributed by atoms with Gasteiger partial charge >= 0.3 is 0 Å². The first-order valence-electron chi connectivity index (χ1n) is 4.13. The lowest BCUT2D eigenvalue weighted by molar-refractivity contribution is -0.103. The molecule has 0 saturated heterocycles. The third kappa shape index (κ3) is 2.41. The molecule has 0 aliphatic heterocycles. The van der Waals surface area contributed by atoms with E-state index < -0.39 is 0 Å². The summed E-state index contributed by atoms with van der Waals surface area (Å²) in [6.45, 7) is 5.57. The van der Waals surface area contributed by atoms with Crippen LogP contribution < -0.4 is 0 Å². The molecule has 0 amide bonds. The fourth-order valence-corrected chi connectivity index (χ4v) is 1.08. The van der Waals surface area contributed by atoms with E-state index in [4.69, 9.17) is 0 Å². The molecule has 0 atom stereocenters. The van der Waals surface area contributed by atoms with Crippen LogP contribution >= 0.6 is 0 Å². The molecule has 0 aliphatic rings. The molecule has 66 valence electrons. The number of benzene rings is 1. The lowest BCUT2D eigenvalue weighted by Crippen LogP contribution is -1.84. The lowest BCUT2D eigenvalue weighted by atomic mass is 10.1. The van der Waals surface area contributed by atoms with Gasteiger partial charge < -0.3 is 0 Å². The Bertz CT molecular complexity index is 331. The molecular weight excluding hydrogens is 160 g/mol. The smallest absolute Gasteiger partial charge is 0.150 e. The summed E-state index contributed by atoms with van der Waals surface area (Å²) < 4.78 is 0. The predicted octanol–water partition coefficient (Wildman–Crippen LogP) is 2.76. The molecule has 0 saturated carbocycles. The van der Waals surface area contributed by atoms with Gasteiger partial charge in [0.05, 0.1) is 0 Å². The molecule has 0 aliphatic carbocycles. The molecule has 0 fully saturated rings. The van der Waals surface area contributed by atoms with Crippen molar-refractivity contribution in [1.82, 2.24) is 0 Å². The number of rotatable bonds is 3. The standard InChI is InChI=1S/C12H12O/c1-3-4-12(9-13)11-7-5-10(2)6-8-11/h3-9H,1H2,2H3. The van der Waals surface area contributed by atoms with Crippen molar-refractivity contribution in [2.24, 2.45) is 0 Å². The van der Waals surface area contributed by atoms with Gasteiger partial charge in [-0.25, -0.2) is 0 Å². The number of aryl methyl sites for hydroxylation is 1. The maximum absolute atomic E-state index is 10.7. The van der Waals surface area contributed by atoms with Crippen LogP contribution in [0.3, 0.4) is 0 Å². The van der Waals surface area contributed by atoms with Crippen molar-refractivity contribution in [1.29, 1.82) is 0 Å². The summed E-state index contributed by atoms with van der Waals surface area (Å²) in [5.74, 6) is 0. The maximum Gasteiger partial charge on any atom is 0.150 e. The van der Waals surface area contributed by atoms with Gasteiger partial charge in [0.1, 0.15) is 0 Å². The van der Waals surface area contributed by atoms with Crippen molar-refractivity contribution in [2.45, 2.75) is 6.92 Å². The Morgan fingerprint density at radius 2 is 1.92 bits per heavy atom. The number of aldehydes is 1. The summed E-state index contributed by atoms with van der Waals surface area (Å²) in [5, 5.41) is 0. The lowest BCUT2D eigenvalue weighted by Gasteiger charge is -1.99. The van der Waals surface area contributed by atoms with Crippen molar-refractivity contribution in [3.63, 3.8) is 0 Å². The Labute approximate surface area is 78.4 Å². The minimum atomic E-state index is 0.662. The molecule has 0 unspecified atom stereocenters. The summed E-state index contributed by atoms with van der Waals surface area (Å²) >= 11 is 0. The van der Waals surface area contributed by atoms with Crippen molar-refractivity contribution in [3.05, 3.63) is 54.1 Å². The largest absolute Gasteiger partial charge is 0.298 e. The van der Waals surface area contributed by atoms with Crippen LogP contribution in [0.4, 0.5) is 0 Å². The second-order valence-electron chi connectivity index (χ2n) is 2.84. The molecular formula is C12H12O. The van der Waals surface area contributed by atoms with Gasteiger partial charge in [-0.2, -0.15) is 0 Å². The number of carbonyl (C=O) groups excluding carboxylic acids is 1. The number of hydrogen-bond acceptors (Lipinski definition) is 1. The average molecular weight is 172 g/mol. The first-order chi connectivity index (χ1) is 6.27. The summed E-state index contributed by atoms with van der Waals surface area (Å²) in [6, 6.07) is 7.82. The Morgan fingerprint density at radius 1 is 1.31 bits per heavy atom. The van der Waals surface area contributed by atoms with Crippen molar-refractivity contribution in [3.8, 4) is 0 Å². The molecule has 0 N–H and O–H groups in total. The molecule has 0 radical (unpaired) electrons. The molecule has 0 aromatic heterocycles. The third-order valence-corrected chi connectivity index (χ3v) is 1.81. The molecule has 0 spiro atoms. The van der Waals surface area contributed by atoms with Gasteiger partial charge in [0.25, 0.3) is 0 Å². The molecule has 0 bridgehead atoms. The normalized spacial score (nSPS) is 11.0. The van der Waals surface area contributed by atoms with Crippen LogP contribution in [0.5, 0.6) is 0 Å². The van der Waals surface area contributed by atoms with Gasteiger partial charge in [-0.1, -0.05) is 48.6 Å². The summed E-state index contributed by atoms with van der Waals surface area (Å²) in [7, 11) is 0. The van der Waals surface area contributed by atoms with E-state index in [0.29, 0.717) is 5.57 Å². The predicted molar refractivity (Wildman–Crippen MR) is 55.4 cm³/mol. The fourth-order valence-electron chi connectivity index (χ4n) is 1.08. The summed E-state index contributed by atoms with van der Waals surface area (Å²) in [4.78, 5) is 10.7. The highest BCUT2D eigenvalue weighted by Gasteiger charge is 1.97. The molecule has 1 aromatic carbocycles. The first kappa shape index (κ1) is 9.46. The SMILES string of the molecule is C=CC=C(C=O)c1ccc(C)cc1. The second kappa shape index (κ2) is 4.41. The molecule has 0 heterocycles. The van der Waals surface area contributed by atoms with Crippen LogP contribution in [-0.2, 0) is 4.79 Å². The van der Waals surface area contributed by atoms with E-state index in [-0.39, 0.29) is 0 Å². The van der Waals surface area contributed by atoms with E-state index in [1.807, 2.05) is 31.2 Å². The molecule has 1 nitrogen and oxygen atoms in total. The van der Waals surface area contributed by atoms with Gasteiger partial charge in [-0.15, -0.1) is 0 Å². The fraction of sp³-hybridized carbons (Fsp3) is 0.0833. The van der Waals surface area contributed by atoms with Crippen LogP contribution in [0.2, 0.25) is 0 Å². The van der Waals surface area contributed by atoms with Gasteiger partial charge in [0.15, 0.2) is 6.29 Å². The zero-order valence-electron chi connectivity index (χ0n) is 7.66. The zero-order valence-corrected chi connectivity index (χ0v) is 7.66. The Morgan fingerprint density at radius 3 is 2.38 bits per heavy atom. The first-order valence-corrected chi connectivity index (χ1v) is 4.13. The Kier molecular flexibility index (Phi) is 3.21. The highest BCUT2D eigenvalue weighted by molar-refractivity contribution is 6.07. The number of allylic oxidation sites excluding steroid dienone is 3. The van der Waals surface area contributed by atoms with E-state index in [2.05, 4.69) is 6.58 Å². The molecule has 1 heteroatoms. The van der Waals surface area contributed by atoms with Gasteiger partial charge in [0.2, 0.25) is 0 Å². The van der Waals surface area contributed by atoms with E-state index in [1.165, 1.54) is 5.56 Å². The van der Waals surface area contributed by atoms with Gasteiger partial charge in [-0.05, 0) is 12.5 Å². The van der Waals surface area contributed by atoms with Crippen molar-refractivity contribution >= 4 is 11.9 Å². The van der Waals surface area contributed by atoms with Crippen LogP contribution in [0.1, 0.15) is 11.1 Å². The van der Waals surface area contributed by atoms with Crippen LogP contribution in [0.15, 0.2) is 43.0 Å². The minimum absolute atomic E-state index is 0.662. The van der Waals surface area contributed by atoms with Gasteiger partial charge in [-0.3, -0.25) is 4.79 Å². The topological polar surface area (TPSA) is 17.1 Å². The second-order valence-corrected chi connectivity index (χ2v) is 2.84. The number of carbonyl (C=O) groups is 1. The van der Waals surface area contributed by atoms with Crippen molar-refractivity contribution < 1.29 is 4.79 Å². The Balaban J connectivity index is 3.06. The van der Waals surface area contributed by atoms with E-state index >= 15 is 0 Å². The average Bonchev–Trinajstić information content (AvgIpc) is 2.16. The van der Waals surface area contributed by atoms with E-state index in [0.717, 1.165) is 11.8 Å². The monoisotopic (exact) mass is 172 g/mol. The zero-order chi connectivity index (χ0) is 9.68. The highest BCUT2D eigenvalue weighted by atomic mass is 16.1. The maximum atomic E-state index is 10.7. The highest BCUT2D eigenvalue weighted by Crippen LogP contribution is 2.12. The quantitative estimate of drug-likeness (QED) is 0.389. The Hall–Kier alpha value is -1.63. The van der Waals surface area contributed by atoms with Crippen molar-refractivity contribution in [2.75, 3.05) is 0 Å². The van der Waals surface area contributed by atoms with Crippen LogP contribution in [0, 0.1) is 6.92 Å². The van der Waals surface area contributed by atoms with Crippen LogP contribution in [-0.4, -0.2) is 6.29 Å². The van der Waals surface area contributed by atoms with Crippen LogP contribution in [0.25, 0.3) is 5.57 Å². The molecule has 1 rings (SSSR count). The molecule has 13 heavy (non-hydrogen) atoms. The minimum Gasteiger partial charge on any atom is -0.298 e. The van der Waals surface area contributed by atoms with E-state index in [9.17, 15) is 4.79 Å². The summed E-state index contributed by atoms with van der Waals surface area (Å²) in [6.07, 6.45) is 4.16. The summed E-state index contributed by atoms with van der Waals surface area (Å²) in [5.41, 5.74) is 2.78. The number of hydrogen-bond donors (Lipinski definition) is 0. The third-order valence-electron chi connectivity index (χ3n) is 1.81. The van der Waals surface area contributed by atoms with E-state index in [1.54, 1.807) is 12.2 Å². The van der Waals surface area contributed by atoms with Gasteiger partial charge in [0, 0.05) is 5.57 Å². The molecule has 1 aromatic rings.